The Balaban J connectivity index is 2.44. The number of alkyl halides is 3. The fraction of sp³-hybridized carbons (Fsp3) is 0.900. The topological polar surface area (TPSA) is 43.8 Å². The zero-order valence-electron chi connectivity index (χ0n) is 9.92. The zero-order chi connectivity index (χ0) is 13.3. The van der Waals surface area contributed by atoms with E-state index in [1.54, 1.807) is 0 Å². The molecule has 7 heteroatoms. The summed E-state index contributed by atoms with van der Waals surface area (Å²) in [5.41, 5.74) is -1.47. The van der Waals surface area contributed by atoms with Crippen LogP contribution in [-0.2, 0) is 4.79 Å². The molecule has 4 nitrogen and oxygen atoms in total. The van der Waals surface area contributed by atoms with Crippen LogP contribution in [0.4, 0.5) is 13.2 Å². The van der Waals surface area contributed by atoms with E-state index in [9.17, 15) is 23.1 Å². The predicted octanol–water partition coefficient (Wildman–Crippen LogP) is 0.464. The summed E-state index contributed by atoms with van der Waals surface area (Å²) in [6.07, 6.45) is -4.21. The Morgan fingerprint density at radius 3 is 2.00 bits per heavy atom. The Morgan fingerprint density at radius 1 is 1.18 bits per heavy atom. The molecule has 1 amide bonds. The molecule has 1 rings (SSSR count). The van der Waals surface area contributed by atoms with Crippen LogP contribution in [0.2, 0.25) is 0 Å². The van der Waals surface area contributed by atoms with Gasteiger partial charge in [-0.05, 0) is 13.8 Å². The summed E-state index contributed by atoms with van der Waals surface area (Å²) in [6.45, 7) is 2.60. The second kappa shape index (κ2) is 4.81. The monoisotopic (exact) mass is 254 g/mol. The van der Waals surface area contributed by atoms with Crippen LogP contribution in [-0.4, -0.2) is 65.3 Å². The molecular formula is C10H17F3N2O2. The van der Waals surface area contributed by atoms with Crippen molar-refractivity contribution in [3.05, 3.63) is 0 Å². The number of rotatable bonds is 2. The van der Waals surface area contributed by atoms with E-state index in [4.69, 9.17) is 0 Å². The second-order valence-electron chi connectivity index (χ2n) is 4.74. The highest BCUT2D eigenvalue weighted by molar-refractivity contribution is 5.84. The summed E-state index contributed by atoms with van der Waals surface area (Å²) in [6, 6.07) is 0. The molecule has 0 bridgehead atoms. The normalized spacial score (nSPS) is 19.5. The number of carbonyl (C=O) groups is 1. The lowest BCUT2D eigenvalue weighted by molar-refractivity contribution is -0.157. The van der Waals surface area contributed by atoms with Gasteiger partial charge in [0.25, 0.3) is 5.91 Å². The van der Waals surface area contributed by atoms with Gasteiger partial charge in [0.2, 0.25) is 0 Å². The molecule has 0 spiro atoms. The molecule has 1 aliphatic heterocycles. The number of hydrogen-bond acceptors (Lipinski definition) is 3. The molecule has 0 aliphatic carbocycles. The third kappa shape index (κ3) is 4.51. The Kier molecular flexibility index (Phi) is 4.03. The van der Waals surface area contributed by atoms with Gasteiger partial charge < -0.3 is 10.0 Å². The summed E-state index contributed by atoms with van der Waals surface area (Å²) in [4.78, 5) is 14.3. The Bertz CT molecular complexity index is 278. The van der Waals surface area contributed by atoms with Gasteiger partial charge >= 0.3 is 6.18 Å². The summed E-state index contributed by atoms with van der Waals surface area (Å²) in [5.74, 6) is -0.441. The third-order valence-electron chi connectivity index (χ3n) is 2.59. The predicted molar refractivity (Wildman–Crippen MR) is 55.4 cm³/mol. The van der Waals surface area contributed by atoms with Crippen LogP contribution in [0, 0.1) is 0 Å². The first kappa shape index (κ1) is 14.2. The minimum atomic E-state index is -4.21. The summed E-state index contributed by atoms with van der Waals surface area (Å²) < 4.78 is 36.4. The number of piperazine rings is 1. The minimum Gasteiger partial charge on any atom is -0.381 e. The molecule has 0 aromatic carbocycles. The molecule has 100 valence electrons. The molecule has 0 saturated carbocycles. The Hall–Kier alpha value is -0.820. The van der Waals surface area contributed by atoms with Crippen molar-refractivity contribution in [3.63, 3.8) is 0 Å². The van der Waals surface area contributed by atoms with Gasteiger partial charge in [-0.3, -0.25) is 9.69 Å². The van der Waals surface area contributed by atoms with Gasteiger partial charge in [-0.15, -0.1) is 0 Å². The van der Waals surface area contributed by atoms with E-state index in [1.807, 2.05) is 0 Å². The van der Waals surface area contributed by atoms with Crippen molar-refractivity contribution in [2.24, 2.45) is 0 Å². The lowest BCUT2D eigenvalue weighted by atomic mass is 10.1. The standard InChI is InChI=1S/C10H17F3N2O2/c1-9(2,17)8(16)15-5-3-14(4-6-15)7-10(11,12)13/h17H,3-7H2,1-2H3. The van der Waals surface area contributed by atoms with Crippen LogP contribution in [0.3, 0.4) is 0 Å². The van der Waals surface area contributed by atoms with Crippen LogP contribution >= 0.6 is 0 Å². The van der Waals surface area contributed by atoms with Crippen LogP contribution in [0.25, 0.3) is 0 Å². The van der Waals surface area contributed by atoms with Crippen molar-refractivity contribution in [1.29, 1.82) is 0 Å². The van der Waals surface area contributed by atoms with E-state index in [-0.39, 0.29) is 26.2 Å². The smallest absolute Gasteiger partial charge is 0.381 e. The van der Waals surface area contributed by atoms with Gasteiger partial charge in [0.1, 0.15) is 5.60 Å². The largest absolute Gasteiger partial charge is 0.401 e. The van der Waals surface area contributed by atoms with Gasteiger partial charge in [0.15, 0.2) is 0 Å². The number of amides is 1. The van der Waals surface area contributed by atoms with E-state index >= 15 is 0 Å². The zero-order valence-corrected chi connectivity index (χ0v) is 9.92. The van der Waals surface area contributed by atoms with Gasteiger partial charge in [-0.2, -0.15) is 13.2 Å². The number of hydrogen-bond donors (Lipinski definition) is 1. The lowest BCUT2D eigenvalue weighted by Crippen LogP contribution is -2.55. The van der Waals surface area contributed by atoms with Gasteiger partial charge in [0.05, 0.1) is 6.54 Å². The highest BCUT2D eigenvalue weighted by atomic mass is 19.4. The minimum absolute atomic E-state index is 0.182. The molecule has 0 atom stereocenters. The number of halogens is 3. The first-order valence-corrected chi connectivity index (χ1v) is 5.40. The number of carbonyl (C=O) groups excluding carboxylic acids is 1. The fourth-order valence-electron chi connectivity index (χ4n) is 1.75. The average Bonchev–Trinajstić information content (AvgIpc) is 2.14. The molecule has 1 heterocycles. The van der Waals surface area contributed by atoms with Crippen LogP contribution < -0.4 is 0 Å². The Morgan fingerprint density at radius 2 is 1.65 bits per heavy atom. The van der Waals surface area contributed by atoms with E-state index in [0.717, 1.165) is 0 Å². The van der Waals surface area contributed by atoms with Gasteiger partial charge in [-0.1, -0.05) is 0 Å². The SMILES string of the molecule is CC(C)(O)C(=O)N1CCN(CC(F)(F)F)CC1. The maximum Gasteiger partial charge on any atom is 0.401 e. The van der Waals surface area contributed by atoms with E-state index in [1.165, 1.54) is 23.6 Å². The van der Waals surface area contributed by atoms with Crippen molar-refractivity contribution in [3.8, 4) is 0 Å². The average molecular weight is 254 g/mol. The Labute approximate surface area is 98.0 Å². The van der Waals surface area contributed by atoms with Crippen molar-refractivity contribution in [2.45, 2.75) is 25.6 Å². The maximum atomic E-state index is 12.1. The van der Waals surface area contributed by atoms with Crippen LogP contribution in [0.1, 0.15) is 13.8 Å². The first-order valence-electron chi connectivity index (χ1n) is 5.40. The molecule has 1 fully saturated rings. The molecule has 0 radical (unpaired) electrons. The highest BCUT2D eigenvalue weighted by Gasteiger charge is 2.35. The number of nitrogens with zero attached hydrogens (tertiary/aromatic N) is 2. The first-order chi connectivity index (χ1) is 7.59. The molecule has 1 saturated heterocycles. The van der Waals surface area contributed by atoms with E-state index in [2.05, 4.69) is 0 Å². The molecular weight excluding hydrogens is 237 g/mol. The molecule has 17 heavy (non-hydrogen) atoms. The molecule has 0 unspecified atom stereocenters. The van der Waals surface area contributed by atoms with Crippen molar-refractivity contribution in [2.75, 3.05) is 32.7 Å². The summed E-state index contributed by atoms with van der Waals surface area (Å²) >= 11 is 0. The summed E-state index contributed by atoms with van der Waals surface area (Å²) in [5, 5.41) is 9.51. The van der Waals surface area contributed by atoms with Crippen molar-refractivity contribution in [1.82, 2.24) is 9.80 Å². The quantitative estimate of drug-likeness (QED) is 0.778. The van der Waals surface area contributed by atoms with Crippen LogP contribution in [0.5, 0.6) is 0 Å². The van der Waals surface area contributed by atoms with Crippen molar-refractivity contribution < 1.29 is 23.1 Å². The van der Waals surface area contributed by atoms with Crippen LogP contribution in [0.15, 0.2) is 0 Å². The fourth-order valence-corrected chi connectivity index (χ4v) is 1.75. The second-order valence-corrected chi connectivity index (χ2v) is 4.74. The summed E-state index contributed by atoms with van der Waals surface area (Å²) in [7, 11) is 0. The maximum absolute atomic E-state index is 12.1. The van der Waals surface area contributed by atoms with E-state index in [0.29, 0.717) is 0 Å². The molecule has 0 aromatic heterocycles. The van der Waals surface area contributed by atoms with E-state index < -0.39 is 24.2 Å². The molecule has 1 N–H and O–H groups in total. The molecule has 1 aliphatic rings. The highest BCUT2D eigenvalue weighted by Crippen LogP contribution is 2.18. The van der Waals surface area contributed by atoms with Crippen molar-refractivity contribution >= 4 is 5.91 Å². The third-order valence-corrected chi connectivity index (χ3v) is 2.59. The van der Waals surface area contributed by atoms with Gasteiger partial charge in [-0.25, -0.2) is 0 Å². The lowest BCUT2D eigenvalue weighted by Gasteiger charge is -2.37. The molecule has 0 aromatic rings. The number of aliphatic hydroxyl groups is 1. The van der Waals surface area contributed by atoms with Gasteiger partial charge in [0, 0.05) is 26.2 Å².